The van der Waals surface area contributed by atoms with Crippen molar-refractivity contribution in [2.24, 2.45) is 23.2 Å². The molecule has 19 heavy (non-hydrogen) atoms. The largest absolute Gasteiger partial charge is 0.300 e. The molecule has 0 unspecified atom stereocenters. The van der Waals surface area contributed by atoms with Crippen molar-refractivity contribution in [3.8, 4) is 0 Å². The smallest absolute Gasteiger partial charge is 0.133 e. The highest BCUT2D eigenvalue weighted by molar-refractivity contribution is 5.80. The van der Waals surface area contributed by atoms with Crippen LogP contribution in [-0.4, -0.2) is 5.78 Å². The first kappa shape index (κ1) is 12.2. The summed E-state index contributed by atoms with van der Waals surface area (Å²) in [4.78, 5) is 11.7. The maximum absolute atomic E-state index is 11.7. The minimum absolute atomic E-state index is 0.523. The van der Waals surface area contributed by atoms with Gasteiger partial charge in [-0.05, 0) is 68.1 Å². The summed E-state index contributed by atoms with van der Waals surface area (Å²) in [6.07, 6.45) is 12.7. The van der Waals surface area contributed by atoms with Crippen LogP contribution in [0.1, 0.15) is 71.1 Å². The molecule has 0 radical (unpaired) electrons. The molecule has 3 fully saturated rings. The molecule has 0 saturated heterocycles. The molecule has 1 heteroatoms. The average Bonchev–Trinajstić information content (AvgIpc) is 2.79. The summed E-state index contributed by atoms with van der Waals surface area (Å²) in [5, 5.41) is 0. The summed E-state index contributed by atoms with van der Waals surface area (Å²) < 4.78 is 0. The molecule has 4 rings (SSSR count). The molecule has 4 aliphatic rings. The maximum Gasteiger partial charge on any atom is 0.133 e. The second-order valence-electron chi connectivity index (χ2n) is 7.83. The third-order valence-electron chi connectivity index (χ3n) is 6.94. The van der Waals surface area contributed by atoms with Gasteiger partial charge in [0, 0.05) is 12.8 Å². The molecule has 0 heterocycles. The summed E-state index contributed by atoms with van der Waals surface area (Å²) in [7, 11) is 0. The molecule has 4 aliphatic carbocycles. The fourth-order valence-electron chi connectivity index (χ4n) is 5.94. The number of hydrogen-bond acceptors (Lipinski definition) is 1. The van der Waals surface area contributed by atoms with Crippen molar-refractivity contribution in [1.29, 1.82) is 0 Å². The monoisotopic (exact) mass is 258 g/mol. The number of Topliss-reactive ketones (excluding diaryl/α,β-unsaturated/α-hetero) is 1. The molecule has 0 bridgehead atoms. The van der Waals surface area contributed by atoms with Crippen LogP contribution in [0.15, 0.2) is 11.1 Å². The van der Waals surface area contributed by atoms with Crippen molar-refractivity contribution in [1.82, 2.24) is 0 Å². The van der Waals surface area contributed by atoms with Crippen molar-refractivity contribution in [2.45, 2.75) is 71.1 Å². The first-order valence-electron chi connectivity index (χ1n) is 8.41. The van der Waals surface area contributed by atoms with Gasteiger partial charge in [-0.25, -0.2) is 0 Å². The van der Waals surface area contributed by atoms with E-state index in [0.717, 1.165) is 31.1 Å². The Bertz CT molecular complexity index is 447. The van der Waals surface area contributed by atoms with Gasteiger partial charge in [0.05, 0.1) is 0 Å². The van der Waals surface area contributed by atoms with Gasteiger partial charge in [0.1, 0.15) is 5.78 Å². The van der Waals surface area contributed by atoms with E-state index in [0.29, 0.717) is 17.1 Å². The predicted molar refractivity (Wildman–Crippen MR) is 76.8 cm³/mol. The van der Waals surface area contributed by atoms with E-state index in [4.69, 9.17) is 0 Å². The zero-order valence-corrected chi connectivity index (χ0v) is 12.2. The molecule has 0 amide bonds. The summed E-state index contributed by atoms with van der Waals surface area (Å²) >= 11 is 0. The van der Waals surface area contributed by atoms with Crippen LogP contribution in [0.5, 0.6) is 0 Å². The Morgan fingerprint density at radius 2 is 1.89 bits per heavy atom. The van der Waals surface area contributed by atoms with Crippen LogP contribution < -0.4 is 0 Å². The lowest BCUT2D eigenvalue weighted by Crippen LogP contribution is -2.38. The minimum atomic E-state index is 0.523. The number of carbonyl (C=O) groups excluding carboxylic acids is 1. The van der Waals surface area contributed by atoms with Gasteiger partial charge in [-0.1, -0.05) is 24.5 Å². The lowest BCUT2D eigenvalue weighted by molar-refractivity contribution is -0.120. The van der Waals surface area contributed by atoms with Crippen molar-refractivity contribution < 1.29 is 4.79 Å². The Hall–Kier alpha value is -0.590. The lowest BCUT2D eigenvalue weighted by atomic mass is 9.56. The van der Waals surface area contributed by atoms with Gasteiger partial charge in [-0.15, -0.1) is 0 Å². The van der Waals surface area contributed by atoms with Crippen molar-refractivity contribution >= 4 is 5.78 Å². The highest BCUT2D eigenvalue weighted by atomic mass is 16.1. The number of carbonyl (C=O) groups is 1. The van der Waals surface area contributed by atoms with E-state index in [-0.39, 0.29) is 0 Å². The van der Waals surface area contributed by atoms with Crippen LogP contribution in [-0.2, 0) is 4.79 Å². The number of ketones is 1. The lowest BCUT2D eigenvalue weighted by Gasteiger charge is -2.48. The molecule has 104 valence electrons. The van der Waals surface area contributed by atoms with Gasteiger partial charge in [0.15, 0.2) is 0 Å². The van der Waals surface area contributed by atoms with E-state index in [1.165, 1.54) is 44.9 Å². The number of rotatable bonds is 0. The molecule has 0 aliphatic heterocycles. The Morgan fingerprint density at radius 3 is 2.79 bits per heavy atom. The Labute approximate surface area is 116 Å². The van der Waals surface area contributed by atoms with E-state index in [2.05, 4.69) is 6.92 Å². The van der Waals surface area contributed by atoms with Gasteiger partial charge >= 0.3 is 0 Å². The van der Waals surface area contributed by atoms with Crippen LogP contribution >= 0.6 is 0 Å². The molecular weight excluding hydrogens is 232 g/mol. The topological polar surface area (TPSA) is 17.1 Å². The molecule has 0 aromatic carbocycles. The molecule has 3 saturated carbocycles. The normalized spacial score (nSPS) is 45.7. The third-order valence-corrected chi connectivity index (χ3v) is 6.94. The van der Waals surface area contributed by atoms with E-state index >= 15 is 0 Å². The van der Waals surface area contributed by atoms with E-state index in [1.54, 1.807) is 5.57 Å². The van der Waals surface area contributed by atoms with Gasteiger partial charge in [0.2, 0.25) is 0 Å². The standard InChI is InChI=1S/C18H26O/c1-18-9-2-3-17(18)16-6-4-12-11-13(19)5-7-14(12)15(16)8-10-18/h12,16-17H,2-11H2,1H3/t12-,16+,17-,18-/m0/s1. The number of fused-ring (bicyclic) bond motifs is 4. The summed E-state index contributed by atoms with van der Waals surface area (Å²) in [5.41, 5.74) is 4.25. The van der Waals surface area contributed by atoms with Crippen LogP contribution in [0.25, 0.3) is 0 Å². The Kier molecular flexibility index (Phi) is 2.69. The van der Waals surface area contributed by atoms with Gasteiger partial charge in [0.25, 0.3) is 0 Å². The van der Waals surface area contributed by atoms with Gasteiger partial charge in [-0.2, -0.15) is 0 Å². The molecular formula is C18H26O. The zero-order valence-electron chi connectivity index (χ0n) is 12.2. The van der Waals surface area contributed by atoms with Crippen LogP contribution in [0.3, 0.4) is 0 Å². The zero-order chi connectivity index (χ0) is 13.0. The predicted octanol–water partition coefficient (Wildman–Crippen LogP) is 4.66. The fraction of sp³-hybridized carbons (Fsp3) is 0.833. The highest BCUT2D eigenvalue weighted by Gasteiger charge is 2.49. The summed E-state index contributed by atoms with van der Waals surface area (Å²) in [6.45, 7) is 2.56. The number of hydrogen-bond donors (Lipinski definition) is 0. The number of allylic oxidation sites excluding steroid dienone is 2. The first-order chi connectivity index (χ1) is 9.17. The van der Waals surface area contributed by atoms with Crippen molar-refractivity contribution in [3.05, 3.63) is 11.1 Å². The summed E-state index contributed by atoms with van der Waals surface area (Å²) in [6, 6.07) is 0. The van der Waals surface area contributed by atoms with Crippen molar-refractivity contribution in [2.75, 3.05) is 0 Å². The van der Waals surface area contributed by atoms with Crippen LogP contribution in [0.2, 0.25) is 0 Å². The molecule has 0 aromatic rings. The molecule has 0 N–H and O–H groups in total. The van der Waals surface area contributed by atoms with E-state index in [9.17, 15) is 4.79 Å². The van der Waals surface area contributed by atoms with Crippen LogP contribution in [0, 0.1) is 23.2 Å². The van der Waals surface area contributed by atoms with Crippen molar-refractivity contribution in [3.63, 3.8) is 0 Å². The van der Waals surface area contributed by atoms with E-state index < -0.39 is 0 Å². The van der Waals surface area contributed by atoms with Gasteiger partial charge in [-0.3, -0.25) is 4.79 Å². The molecule has 1 nitrogen and oxygen atoms in total. The molecule has 0 spiro atoms. The molecule has 0 aromatic heterocycles. The minimum Gasteiger partial charge on any atom is -0.300 e. The summed E-state index contributed by atoms with van der Waals surface area (Å²) in [5.74, 6) is 3.05. The Morgan fingerprint density at radius 1 is 1.00 bits per heavy atom. The fourth-order valence-corrected chi connectivity index (χ4v) is 5.94. The molecule has 4 atom stereocenters. The quantitative estimate of drug-likeness (QED) is 0.577. The van der Waals surface area contributed by atoms with Gasteiger partial charge < -0.3 is 0 Å². The second-order valence-corrected chi connectivity index (χ2v) is 7.83. The SMILES string of the molecule is C[C@@]12CCC[C@H]1[C@@H]1CC[C@H]3CC(=O)CCC3=C1CC2. The second kappa shape index (κ2) is 4.20. The maximum atomic E-state index is 11.7. The first-order valence-corrected chi connectivity index (χ1v) is 8.41. The highest BCUT2D eigenvalue weighted by Crippen LogP contribution is 2.60. The third kappa shape index (κ3) is 1.76. The Balaban J connectivity index is 1.69. The average molecular weight is 258 g/mol. The van der Waals surface area contributed by atoms with Crippen LogP contribution in [0.4, 0.5) is 0 Å². The van der Waals surface area contributed by atoms with E-state index in [1.807, 2.05) is 5.57 Å².